The molecule has 14 heavy (non-hydrogen) atoms. The van der Waals surface area contributed by atoms with Crippen molar-refractivity contribution >= 4 is 0 Å². The second-order valence-electron chi connectivity index (χ2n) is 4.43. The van der Waals surface area contributed by atoms with Crippen LogP contribution in [0.2, 0.25) is 0 Å². The van der Waals surface area contributed by atoms with Gasteiger partial charge in [0.05, 0.1) is 0 Å². The van der Waals surface area contributed by atoms with Gasteiger partial charge in [-0.25, -0.2) is 0 Å². The number of likely N-dealkylation sites (tertiary alicyclic amines) is 1. The van der Waals surface area contributed by atoms with Crippen LogP contribution in [-0.4, -0.2) is 49.1 Å². The Balaban J connectivity index is 0.000000461. The van der Waals surface area contributed by atoms with Crippen molar-refractivity contribution in [3.05, 3.63) is 0 Å². The lowest BCUT2D eigenvalue weighted by molar-refractivity contribution is 0.138. The summed E-state index contributed by atoms with van der Waals surface area (Å²) in [6, 6.07) is 1.83. The van der Waals surface area contributed by atoms with Gasteiger partial charge in [-0.05, 0) is 52.9 Å². The van der Waals surface area contributed by atoms with E-state index in [1.807, 2.05) is 13.8 Å². The van der Waals surface area contributed by atoms with E-state index in [2.05, 4.69) is 23.9 Å². The quantitative estimate of drug-likeness (QED) is 0.671. The maximum atomic E-state index is 2.62. The Hall–Kier alpha value is -0.0800. The standard InChI is InChI=1S/C10H20N2.C2H6/c1-11-7-5-10(6-8-11)12(2)9-3-4-9;1-2/h9-10H,3-8H2,1-2H3;1-2H3. The van der Waals surface area contributed by atoms with Crippen LogP contribution >= 0.6 is 0 Å². The van der Waals surface area contributed by atoms with E-state index >= 15 is 0 Å². The van der Waals surface area contributed by atoms with Gasteiger partial charge in [0.25, 0.3) is 0 Å². The molecule has 0 unspecified atom stereocenters. The van der Waals surface area contributed by atoms with Crippen LogP contribution in [0.4, 0.5) is 0 Å². The van der Waals surface area contributed by atoms with E-state index in [0.29, 0.717) is 0 Å². The minimum absolute atomic E-state index is 0.883. The largest absolute Gasteiger partial charge is 0.306 e. The van der Waals surface area contributed by atoms with Gasteiger partial charge in [0, 0.05) is 12.1 Å². The summed E-state index contributed by atoms with van der Waals surface area (Å²) in [5.74, 6) is 0. The first kappa shape index (κ1) is 12.0. The molecule has 0 amide bonds. The van der Waals surface area contributed by atoms with E-state index < -0.39 is 0 Å². The molecule has 0 radical (unpaired) electrons. The molecule has 0 N–H and O–H groups in total. The molecule has 0 spiro atoms. The molecule has 0 aromatic heterocycles. The second-order valence-corrected chi connectivity index (χ2v) is 4.43. The van der Waals surface area contributed by atoms with Crippen LogP contribution in [0.15, 0.2) is 0 Å². The highest BCUT2D eigenvalue weighted by Crippen LogP contribution is 2.29. The summed E-state index contributed by atoms with van der Waals surface area (Å²) in [7, 11) is 4.54. The summed E-state index contributed by atoms with van der Waals surface area (Å²) in [4.78, 5) is 5.06. The maximum absolute atomic E-state index is 2.62. The number of hydrogen-bond donors (Lipinski definition) is 0. The predicted octanol–water partition coefficient (Wildman–Crippen LogP) is 2.20. The fourth-order valence-electron chi connectivity index (χ4n) is 2.18. The number of hydrogen-bond acceptors (Lipinski definition) is 2. The summed E-state index contributed by atoms with van der Waals surface area (Å²) >= 11 is 0. The van der Waals surface area contributed by atoms with Gasteiger partial charge in [0.1, 0.15) is 0 Å². The first-order chi connectivity index (χ1) is 6.77. The van der Waals surface area contributed by atoms with Gasteiger partial charge in [0.2, 0.25) is 0 Å². The molecular formula is C12H26N2. The van der Waals surface area contributed by atoms with Gasteiger partial charge in [-0.1, -0.05) is 13.8 Å². The number of rotatable bonds is 2. The van der Waals surface area contributed by atoms with Crippen LogP contribution in [0.1, 0.15) is 39.5 Å². The smallest absolute Gasteiger partial charge is 0.0119 e. The highest BCUT2D eigenvalue weighted by atomic mass is 15.2. The molecule has 2 nitrogen and oxygen atoms in total. The van der Waals surface area contributed by atoms with E-state index in [1.54, 1.807) is 0 Å². The Morgan fingerprint density at radius 3 is 1.79 bits per heavy atom. The zero-order valence-electron chi connectivity index (χ0n) is 10.3. The van der Waals surface area contributed by atoms with Crippen molar-refractivity contribution < 1.29 is 0 Å². The second kappa shape index (κ2) is 5.72. The first-order valence-electron chi connectivity index (χ1n) is 6.18. The van der Waals surface area contributed by atoms with Crippen molar-refractivity contribution in [3.63, 3.8) is 0 Å². The summed E-state index contributed by atoms with van der Waals surface area (Å²) < 4.78 is 0. The summed E-state index contributed by atoms with van der Waals surface area (Å²) in [5, 5.41) is 0. The lowest BCUT2D eigenvalue weighted by atomic mass is 10.0. The normalized spacial score (nSPS) is 24.6. The Labute approximate surface area is 89.3 Å². The van der Waals surface area contributed by atoms with Gasteiger partial charge in [-0.15, -0.1) is 0 Å². The molecule has 1 saturated heterocycles. The van der Waals surface area contributed by atoms with Gasteiger partial charge in [0.15, 0.2) is 0 Å². The molecule has 0 bridgehead atoms. The van der Waals surface area contributed by atoms with Crippen LogP contribution in [0, 0.1) is 0 Å². The SMILES string of the molecule is CC.CN1CCC(N(C)C2CC2)CC1. The zero-order chi connectivity index (χ0) is 10.6. The monoisotopic (exact) mass is 198 g/mol. The third-order valence-corrected chi connectivity index (χ3v) is 3.39. The van der Waals surface area contributed by atoms with Crippen LogP contribution in [-0.2, 0) is 0 Å². The molecule has 2 aliphatic rings. The minimum Gasteiger partial charge on any atom is -0.306 e. The van der Waals surface area contributed by atoms with Crippen molar-refractivity contribution in [1.82, 2.24) is 9.80 Å². The number of piperidine rings is 1. The Morgan fingerprint density at radius 2 is 1.36 bits per heavy atom. The van der Waals surface area contributed by atoms with E-state index in [9.17, 15) is 0 Å². The number of nitrogens with zero attached hydrogens (tertiary/aromatic N) is 2. The Bertz CT molecular complexity index is 146. The Morgan fingerprint density at radius 1 is 0.929 bits per heavy atom. The van der Waals surface area contributed by atoms with Crippen LogP contribution in [0.5, 0.6) is 0 Å². The molecule has 1 heterocycles. The Kier molecular flexibility index (Phi) is 4.90. The maximum Gasteiger partial charge on any atom is 0.0119 e. The van der Waals surface area contributed by atoms with E-state index in [1.165, 1.54) is 38.8 Å². The third kappa shape index (κ3) is 3.25. The molecule has 2 fully saturated rings. The molecule has 2 heteroatoms. The van der Waals surface area contributed by atoms with Gasteiger partial charge >= 0.3 is 0 Å². The summed E-state index contributed by atoms with van der Waals surface area (Å²) in [6.45, 7) is 6.59. The van der Waals surface area contributed by atoms with Crippen molar-refractivity contribution in [2.75, 3.05) is 27.2 Å². The average Bonchev–Trinajstić information content (AvgIpc) is 3.04. The van der Waals surface area contributed by atoms with Crippen LogP contribution in [0.3, 0.4) is 0 Å². The van der Waals surface area contributed by atoms with Gasteiger partial charge < -0.3 is 9.80 Å². The lowest BCUT2D eigenvalue weighted by Gasteiger charge is -2.35. The van der Waals surface area contributed by atoms with Crippen molar-refractivity contribution in [1.29, 1.82) is 0 Å². The molecular weight excluding hydrogens is 172 g/mol. The predicted molar refractivity (Wildman–Crippen MR) is 62.7 cm³/mol. The fourth-order valence-corrected chi connectivity index (χ4v) is 2.18. The van der Waals surface area contributed by atoms with Crippen molar-refractivity contribution in [2.45, 2.75) is 51.6 Å². The van der Waals surface area contributed by atoms with Crippen LogP contribution in [0.25, 0.3) is 0 Å². The van der Waals surface area contributed by atoms with Crippen molar-refractivity contribution in [2.24, 2.45) is 0 Å². The fraction of sp³-hybridized carbons (Fsp3) is 1.00. The van der Waals surface area contributed by atoms with E-state index in [-0.39, 0.29) is 0 Å². The molecule has 1 aliphatic carbocycles. The highest BCUT2D eigenvalue weighted by Gasteiger charge is 2.31. The highest BCUT2D eigenvalue weighted by molar-refractivity contribution is 4.88. The molecule has 2 rings (SSSR count). The van der Waals surface area contributed by atoms with Crippen molar-refractivity contribution in [3.8, 4) is 0 Å². The zero-order valence-corrected chi connectivity index (χ0v) is 10.3. The summed E-state index contributed by atoms with van der Waals surface area (Å²) in [5.41, 5.74) is 0. The average molecular weight is 198 g/mol. The molecule has 84 valence electrons. The third-order valence-electron chi connectivity index (χ3n) is 3.39. The van der Waals surface area contributed by atoms with E-state index in [0.717, 1.165) is 12.1 Å². The molecule has 1 saturated carbocycles. The molecule has 0 atom stereocenters. The molecule has 0 aromatic carbocycles. The van der Waals surface area contributed by atoms with E-state index in [4.69, 9.17) is 0 Å². The van der Waals surface area contributed by atoms with Crippen LogP contribution < -0.4 is 0 Å². The van der Waals surface area contributed by atoms with Gasteiger partial charge in [-0.2, -0.15) is 0 Å². The minimum atomic E-state index is 0.883. The summed E-state index contributed by atoms with van der Waals surface area (Å²) in [6.07, 6.45) is 5.65. The topological polar surface area (TPSA) is 6.48 Å². The molecule has 1 aliphatic heterocycles. The molecule has 0 aromatic rings. The first-order valence-corrected chi connectivity index (χ1v) is 6.18. The lowest BCUT2D eigenvalue weighted by Crippen LogP contribution is -2.42. The van der Waals surface area contributed by atoms with Gasteiger partial charge in [-0.3, -0.25) is 0 Å².